The number of nitrogens with one attached hydrogen (secondary N) is 2. The summed E-state index contributed by atoms with van der Waals surface area (Å²) in [5.41, 5.74) is 2.63. The van der Waals surface area contributed by atoms with Gasteiger partial charge in [-0.05, 0) is 52.4 Å². The van der Waals surface area contributed by atoms with Crippen LogP contribution < -0.4 is 10.6 Å². The zero-order chi connectivity index (χ0) is 19.5. The van der Waals surface area contributed by atoms with Crippen LogP contribution in [0.1, 0.15) is 45.7 Å². The molecule has 0 radical (unpaired) electrons. The molecule has 1 aromatic carbocycles. The van der Waals surface area contributed by atoms with Crippen LogP contribution in [0, 0.1) is 0 Å². The number of aliphatic imine (C=N–C) groups is 1. The zero-order valence-corrected chi connectivity index (χ0v) is 20.6. The average Bonchev–Trinajstić information content (AvgIpc) is 2.60. The van der Waals surface area contributed by atoms with Crippen molar-refractivity contribution in [3.8, 4) is 0 Å². The molecule has 0 aliphatic carbocycles. The van der Waals surface area contributed by atoms with Crippen LogP contribution in [-0.4, -0.2) is 61.6 Å². The van der Waals surface area contributed by atoms with Crippen LogP contribution in [0.2, 0.25) is 0 Å². The number of guanidine groups is 1. The van der Waals surface area contributed by atoms with E-state index in [1.54, 1.807) is 0 Å². The molecule has 2 N–H and O–H groups in total. The molecule has 0 spiro atoms. The molecule has 0 aliphatic heterocycles. The van der Waals surface area contributed by atoms with Crippen LogP contribution in [0.4, 0.5) is 0 Å². The summed E-state index contributed by atoms with van der Waals surface area (Å²) in [6, 6.07) is 9.86. The summed E-state index contributed by atoms with van der Waals surface area (Å²) in [6.45, 7) is 15.9. The Morgan fingerprint density at radius 3 is 2.26 bits per heavy atom. The van der Waals surface area contributed by atoms with Gasteiger partial charge < -0.3 is 15.5 Å². The second-order valence-electron chi connectivity index (χ2n) is 7.43. The van der Waals surface area contributed by atoms with Gasteiger partial charge >= 0.3 is 0 Å². The zero-order valence-electron chi connectivity index (χ0n) is 18.2. The average molecular weight is 489 g/mol. The van der Waals surface area contributed by atoms with E-state index in [-0.39, 0.29) is 24.0 Å². The van der Waals surface area contributed by atoms with Gasteiger partial charge in [-0.25, -0.2) is 0 Å². The molecule has 1 rings (SSSR count). The van der Waals surface area contributed by atoms with E-state index in [0.717, 1.165) is 38.7 Å². The highest BCUT2D eigenvalue weighted by Gasteiger charge is 2.12. The molecule has 27 heavy (non-hydrogen) atoms. The van der Waals surface area contributed by atoms with Gasteiger partial charge in [0.2, 0.25) is 0 Å². The number of rotatable bonds is 10. The predicted molar refractivity (Wildman–Crippen MR) is 129 cm³/mol. The van der Waals surface area contributed by atoms with Crippen LogP contribution in [-0.2, 0) is 13.1 Å². The van der Waals surface area contributed by atoms with E-state index < -0.39 is 0 Å². The molecule has 0 fully saturated rings. The minimum atomic E-state index is 0. The lowest BCUT2D eigenvalue weighted by atomic mass is 10.1. The van der Waals surface area contributed by atoms with Gasteiger partial charge in [0.1, 0.15) is 0 Å². The van der Waals surface area contributed by atoms with E-state index in [9.17, 15) is 0 Å². The Balaban J connectivity index is 0.00000676. The predicted octanol–water partition coefficient (Wildman–Crippen LogP) is 3.54. The Morgan fingerprint density at radius 1 is 1.07 bits per heavy atom. The van der Waals surface area contributed by atoms with E-state index in [1.807, 2.05) is 7.05 Å². The minimum absolute atomic E-state index is 0. The maximum absolute atomic E-state index is 4.34. The molecule has 5 nitrogen and oxygen atoms in total. The molecule has 0 bridgehead atoms. The van der Waals surface area contributed by atoms with Crippen molar-refractivity contribution >= 4 is 29.9 Å². The molecule has 0 aromatic heterocycles. The Bertz CT molecular complexity index is 537. The van der Waals surface area contributed by atoms with Crippen LogP contribution in [0.5, 0.6) is 0 Å². The Kier molecular flexibility index (Phi) is 13.7. The van der Waals surface area contributed by atoms with Gasteiger partial charge in [-0.2, -0.15) is 0 Å². The van der Waals surface area contributed by atoms with Crippen molar-refractivity contribution in [3.05, 3.63) is 35.4 Å². The van der Waals surface area contributed by atoms with Crippen molar-refractivity contribution in [2.75, 3.05) is 33.7 Å². The van der Waals surface area contributed by atoms with Crippen molar-refractivity contribution < 1.29 is 0 Å². The molecular formula is C21H40IN5. The second kappa shape index (κ2) is 14.2. The van der Waals surface area contributed by atoms with Gasteiger partial charge in [-0.1, -0.05) is 31.2 Å². The first-order valence-electron chi connectivity index (χ1n) is 9.84. The van der Waals surface area contributed by atoms with Gasteiger partial charge in [0.25, 0.3) is 0 Å². The SMILES string of the molecule is CCN(C)Cc1cccc(CNC(=NC)NCCN(C(C)C)C(C)C)c1.I. The molecule has 156 valence electrons. The second-order valence-corrected chi connectivity index (χ2v) is 7.43. The first-order chi connectivity index (χ1) is 12.4. The smallest absolute Gasteiger partial charge is 0.191 e. The highest BCUT2D eigenvalue weighted by molar-refractivity contribution is 14.0. The standard InChI is InChI=1S/C21H39N5.HI/c1-8-25(7)16-20-11-9-10-19(14-20)15-24-21(22-6)23-12-13-26(17(2)3)18(4)5;/h9-11,14,17-18H,8,12-13,15-16H2,1-7H3,(H2,22,23,24);1H. The lowest BCUT2D eigenvalue weighted by Gasteiger charge is -2.30. The van der Waals surface area contributed by atoms with E-state index in [2.05, 4.69) is 91.4 Å². The largest absolute Gasteiger partial charge is 0.355 e. The lowest BCUT2D eigenvalue weighted by molar-refractivity contribution is 0.178. The quantitative estimate of drug-likeness (QED) is 0.300. The van der Waals surface area contributed by atoms with Crippen molar-refractivity contribution in [3.63, 3.8) is 0 Å². The summed E-state index contributed by atoms with van der Waals surface area (Å²) in [5.74, 6) is 0.855. The molecule has 0 saturated heterocycles. The topological polar surface area (TPSA) is 42.9 Å². The van der Waals surface area contributed by atoms with Gasteiger partial charge in [0.15, 0.2) is 5.96 Å². The molecule has 0 aliphatic rings. The molecule has 0 saturated carbocycles. The fourth-order valence-corrected chi connectivity index (χ4v) is 3.08. The van der Waals surface area contributed by atoms with E-state index in [4.69, 9.17) is 0 Å². The van der Waals surface area contributed by atoms with Gasteiger partial charge in [0, 0.05) is 45.3 Å². The Hall–Kier alpha value is -0.860. The van der Waals surface area contributed by atoms with Crippen molar-refractivity contribution in [2.24, 2.45) is 4.99 Å². The van der Waals surface area contributed by atoms with Gasteiger partial charge in [-0.3, -0.25) is 9.89 Å². The number of halogens is 1. The summed E-state index contributed by atoms with van der Waals surface area (Å²) < 4.78 is 0. The van der Waals surface area contributed by atoms with Crippen molar-refractivity contribution in [1.29, 1.82) is 0 Å². The van der Waals surface area contributed by atoms with E-state index >= 15 is 0 Å². The Labute approximate surface area is 184 Å². The number of benzene rings is 1. The monoisotopic (exact) mass is 489 g/mol. The summed E-state index contributed by atoms with van der Waals surface area (Å²) >= 11 is 0. The fourth-order valence-electron chi connectivity index (χ4n) is 3.08. The number of nitrogens with zero attached hydrogens (tertiary/aromatic N) is 3. The third-order valence-corrected chi connectivity index (χ3v) is 4.66. The van der Waals surface area contributed by atoms with E-state index in [1.165, 1.54) is 11.1 Å². The minimum Gasteiger partial charge on any atom is -0.355 e. The third kappa shape index (κ3) is 10.3. The van der Waals surface area contributed by atoms with Crippen LogP contribution in [0.25, 0.3) is 0 Å². The third-order valence-electron chi connectivity index (χ3n) is 4.66. The highest BCUT2D eigenvalue weighted by atomic mass is 127. The first-order valence-corrected chi connectivity index (χ1v) is 9.84. The number of hydrogen-bond acceptors (Lipinski definition) is 3. The first kappa shape index (κ1) is 26.1. The fraction of sp³-hybridized carbons (Fsp3) is 0.667. The summed E-state index contributed by atoms with van der Waals surface area (Å²) in [6.07, 6.45) is 0. The summed E-state index contributed by atoms with van der Waals surface area (Å²) in [4.78, 5) is 9.13. The molecule has 0 atom stereocenters. The Morgan fingerprint density at radius 2 is 1.70 bits per heavy atom. The molecular weight excluding hydrogens is 449 g/mol. The maximum Gasteiger partial charge on any atom is 0.191 e. The highest BCUT2D eigenvalue weighted by Crippen LogP contribution is 2.07. The van der Waals surface area contributed by atoms with Crippen molar-refractivity contribution in [1.82, 2.24) is 20.4 Å². The molecule has 6 heteroatoms. The molecule has 0 heterocycles. The number of hydrogen-bond donors (Lipinski definition) is 2. The summed E-state index contributed by atoms with van der Waals surface area (Å²) in [5, 5.41) is 6.84. The van der Waals surface area contributed by atoms with Gasteiger partial charge in [-0.15, -0.1) is 24.0 Å². The molecule has 0 amide bonds. The maximum atomic E-state index is 4.34. The van der Waals surface area contributed by atoms with Crippen LogP contribution in [0.15, 0.2) is 29.3 Å². The molecule has 1 aromatic rings. The summed E-state index contributed by atoms with van der Waals surface area (Å²) in [7, 11) is 3.97. The van der Waals surface area contributed by atoms with Crippen LogP contribution in [0.3, 0.4) is 0 Å². The molecule has 0 unspecified atom stereocenters. The van der Waals surface area contributed by atoms with Gasteiger partial charge in [0.05, 0.1) is 0 Å². The van der Waals surface area contributed by atoms with E-state index in [0.29, 0.717) is 12.1 Å². The van der Waals surface area contributed by atoms with Crippen LogP contribution >= 0.6 is 24.0 Å². The lowest BCUT2D eigenvalue weighted by Crippen LogP contribution is -2.45. The van der Waals surface area contributed by atoms with Crippen molar-refractivity contribution in [2.45, 2.75) is 59.8 Å². The normalized spacial score (nSPS) is 12.0.